The summed E-state index contributed by atoms with van der Waals surface area (Å²) in [4.78, 5) is 13.3. The van der Waals surface area contributed by atoms with E-state index in [0.717, 1.165) is 16.8 Å². The summed E-state index contributed by atoms with van der Waals surface area (Å²) in [7, 11) is 3.93. The number of imidazole rings is 1. The average molecular weight is 364 g/mol. The van der Waals surface area contributed by atoms with Gasteiger partial charge in [0.2, 0.25) is 5.69 Å². The summed E-state index contributed by atoms with van der Waals surface area (Å²) in [5.74, 6) is 0.871. The van der Waals surface area contributed by atoms with Crippen LogP contribution in [0.4, 0.5) is 0 Å². The lowest BCUT2D eigenvalue weighted by Gasteiger charge is -2.12. The molecule has 2 aliphatic heterocycles. The normalized spacial score (nSPS) is 12.1. The van der Waals surface area contributed by atoms with Crippen LogP contribution in [0.3, 0.4) is 0 Å². The highest BCUT2D eigenvalue weighted by molar-refractivity contribution is 6.25. The Kier molecular flexibility index (Phi) is 2.86. The Balaban J connectivity index is 1.81. The zero-order valence-corrected chi connectivity index (χ0v) is 15.7. The average Bonchev–Trinajstić information content (AvgIpc) is 2.96. The Morgan fingerprint density at radius 3 is 2.29 bits per heavy atom. The van der Waals surface area contributed by atoms with Gasteiger partial charge in [0.05, 0.1) is 13.2 Å². The van der Waals surface area contributed by atoms with Crippen molar-refractivity contribution in [2.45, 2.75) is 0 Å². The first kappa shape index (κ1) is 15.4. The molecule has 6 rings (SSSR count). The fourth-order valence-corrected chi connectivity index (χ4v) is 4.57. The molecular formula is C24H18N3O+. The summed E-state index contributed by atoms with van der Waals surface area (Å²) >= 11 is 0. The fourth-order valence-electron chi connectivity index (χ4n) is 4.57. The first-order valence-electron chi connectivity index (χ1n) is 9.37. The van der Waals surface area contributed by atoms with Gasteiger partial charge in [0, 0.05) is 18.8 Å². The van der Waals surface area contributed by atoms with Gasteiger partial charge < -0.3 is 4.57 Å². The molecule has 0 saturated heterocycles. The van der Waals surface area contributed by atoms with Crippen LogP contribution in [0, 0.1) is 0 Å². The molecule has 0 aromatic heterocycles. The SMILES string of the molecule is Cn1ccn2c(=O)c(-c3ccc4ccc5cccc6ccc3c4c56)[n+](C)c-2c1. The maximum atomic E-state index is 13.3. The van der Waals surface area contributed by atoms with E-state index < -0.39 is 0 Å². The van der Waals surface area contributed by atoms with Crippen LogP contribution in [0.25, 0.3) is 49.4 Å². The van der Waals surface area contributed by atoms with Crippen molar-refractivity contribution < 1.29 is 4.57 Å². The number of hydrogen-bond donors (Lipinski definition) is 0. The third-order valence-electron chi connectivity index (χ3n) is 5.90. The molecule has 2 heterocycles. The van der Waals surface area contributed by atoms with Crippen LogP contribution in [0.5, 0.6) is 0 Å². The quantitative estimate of drug-likeness (QED) is 0.320. The van der Waals surface area contributed by atoms with Crippen LogP contribution in [-0.2, 0) is 14.1 Å². The Hall–Kier alpha value is -3.66. The second-order valence-electron chi connectivity index (χ2n) is 7.50. The third kappa shape index (κ3) is 1.84. The minimum Gasteiger partial charge on any atom is -0.347 e. The zero-order chi connectivity index (χ0) is 19.0. The highest BCUT2D eigenvalue weighted by Crippen LogP contribution is 2.38. The Labute approximate surface area is 161 Å². The molecule has 0 radical (unpaired) electrons. The van der Waals surface area contributed by atoms with Gasteiger partial charge in [0.1, 0.15) is 6.20 Å². The molecule has 0 saturated carbocycles. The monoisotopic (exact) mass is 364 g/mol. The molecule has 4 aromatic carbocycles. The molecule has 0 atom stereocenters. The van der Waals surface area contributed by atoms with Gasteiger partial charge >= 0.3 is 11.4 Å². The molecule has 0 amide bonds. The van der Waals surface area contributed by atoms with E-state index in [4.69, 9.17) is 0 Å². The molecule has 134 valence electrons. The molecule has 0 spiro atoms. The van der Waals surface area contributed by atoms with E-state index in [1.165, 1.54) is 26.9 Å². The lowest BCUT2D eigenvalue weighted by molar-refractivity contribution is -0.650. The second-order valence-corrected chi connectivity index (χ2v) is 7.50. The van der Waals surface area contributed by atoms with Crippen LogP contribution < -0.4 is 10.1 Å². The summed E-state index contributed by atoms with van der Waals surface area (Å²) in [6.45, 7) is 0. The number of rotatable bonds is 1. The number of nitrogens with zero attached hydrogens (tertiary/aromatic N) is 3. The van der Waals surface area contributed by atoms with Crippen molar-refractivity contribution in [3.8, 4) is 17.1 Å². The van der Waals surface area contributed by atoms with Crippen molar-refractivity contribution >= 4 is 32.3 Å². The van der Waals surface area contributed by atoms with Gasteiger partial charge in [-0.25, -0.2) is 9.36 Å². The van der Waals surface area contributed by atoms with E-state index in [0.29, 0.717) is 5.69 Å². The van der Waals surface area contributed by atoms with Crippen molar-refractivity contribution in [2.75, 3.05) is 0 Å². The summed E-state index contributed by atoms with van der Waals surface area (Å²) < 4.78 is 5.67. The van der Waals surface area contributed by atoms with Gasteiger partial charge in [-0.3, -0.25) is 0 Å². The van der Waals surface area contributed by atoms with Crippen LogP contribution >= 0.6 is 0 Å². The second kappa shape index (κ2) is 5.20. The largest absolute Gasteiger partial charge is 0.386 e. The molecule has 0 unspecified atom stereocenters. The van der Waals surface area contributed by atoms with Gasteiger partial charge in [0.15, 0.2) is 0 Å². The lowest BCUT2D eigenvalue weighted by atomic mass is 9.91. The zero-order valence-electron chi connectivity index (χ0n) is 15.7. The first-order chi connectivity index (χ1) is 13.6. The molecule has 2 aliphatic rings. The molecule has 4 heteroatoms. The molecule has 0 aliphatic carbocycles. The lowest BCUT2D eigenvalue weighted by Crippen LogP contribution is -2.32. The molecule has 0 N–H and O–H groups in total. The first-order valence-corrected chi connectivity index (χ1v) is 9.37. The molecular weight excluding hydrogens is 346 g/mol. The molecule has 4 aromatic rings. The van der Waals surface area contributed by atoms with E-state index in [1.54, 1.807) is 4.57 Å². The van der Waals surface area contributed by atoms with E-state index in [1.807, 2.05) is 41.8 Å². The van der Waals surface area contributed by atoms with Gasteiger partial charge in [-0.15, -0.1) is 0 Å². The number of aryl methyl sites for hydroxylation is 1. The number of fused-ring (bicyclic) bond motifs is 1. The Morgan fingerprint density at radius 2 is 1.50 bits per heavy atom. The maximum Gasteiger partial charge on any atom is 0.386 e. The maximum absolute atomic E-state index is 13.3. The predicted octanol–water partition coefficient (Wildman–Crippen LogP) is 4.00. The third-order valence-corrected chi connectivity index (χ3v) is 5.90. The van der Waals surface area contributed by atoms with Crippen molar-refractivity contribution in [1.29, 1.82) is 0 Å². The summed E-state index contributed by atoms with van der Waals surface area (Å²) in [5, 5.41) is 7.28. The topological polar surface area (TPSA) is 30.8 Å². The van der Waals surface area contributed by atoms with E-state index in [2.05, 4.69) is 54.6 Å². The van der Waals surface area contributed by atoms with E-state index in [9.17, 15) is 4.79 Å². The minimum absolute atomic E-state index is 0.00753. The number of aromatic nitrogens is 3. The summed E-state index contributed by atoms with van der Waals surface area (Å²) in [6, 6.07) is 19.3. The van der Waals surface area contributed by atoms with E-state index in [-0.39, 0.29) is 5.56 Å². The predicted molar refractivity (Wildman–Crippen MR) is 113 cm³/mol. The van der Waals surface area contributed by atoms with Gasteiger partial charge in [-0.2, -0.15) is 4.57 Å². The molecule has 0 fully saturated rings. The van der Waals surface area contributed by atoms with Crippen molar-refractivity contribution in [1.82, 2.24) is 9.13 Å². The molecule has 28 heavy (non-hydrogen) atoms. The summed E-state index contributed by atoms with van der Waals surface area (Å²) in [5.41, 5.74) is 1.70. The summed E-state index contributed by atoms with van der Waals surface area (Å²) in [6.07, 6.45) is 5.69. The van der Waals surface area contributed by atoms with Crippen LogP contribution in [-0.4, -0.2) is 9.13 Å². The van der Waals surface area contributed by atoms with Crippen molar-refractivity contribution in [3.05, 3.63) is 83.5 Å². The smallest absolute Gasteiger partial charge is 0.347 e. The van der Waals surface area contributed by atoms with Crippen LogP contribution in [0.15, 0.2) is 78.0 Å². The highest BCUT2D eigenvalue weighted by atomic mass is 16.1. The van der Waals surface area contributed by atoms with Gasteiger partial charge in [-0.05, 0) is 38.4 Å². The number of hydrogen-bond acceptors (Lipinski definition) is 1. The number of benzene rings is 4. The van der Waals surface area contributed by atoms with Crippen molar-refractivity contribution in [3.63, 3.8) is 0 Å². The van der Waals surface area contributed by atoms with Gasteiger partial charge in [-0.1, -0.05) is 48.5 Å². The molecule has 4 nitrogen and oxygen atoms in total. The van der Waals surface area contributed by atoms with Crippen molar-refractivity contribution in [2.24, 2.45) is 14.1 Å². The minimum atomic E-state index is 0.00753. The Morgan fingerprint density at radius 1 is 0.821 bits per heavy atom. The van der Waals surface area contributed by atoms with E-state index >= 15 is 0 Å². The van der Waals surface area contributed by atoms with Crippen LogP contribution in [0.2, 0.25) is 0 Å². The standard InChI is InChI=1S/C24H18N3O/c1-25-12-13-27-20(14-25)26(2)23(24(27)28)19-11-9-17-7-6-15-4-3-5-16-8-10-18(19)22(17)21(15)16/h3-14H,1-2H3/q+1. The highest BCUT2D eigenvalue weighted by Gasteiger charge is 2.29. The van der Waals surface area contributed by atoms with Crippen LogP contribution in [0.1, 0.15) is 0 Å². The van der Waals surface area contributed by atoms with Gasteiger partial charge in [0.25, 0.3) is 0 Å². The molecule has 0 bridgehead atoms. The Bertz CT molecular complexity index is 1540. The fraction of sp³-hybridized carbons (Fsp3) is 0.0833.